The zero-order valence-electron chi connectivity index (χ0n) is 10.8. The Morgan fingerprint density at radius 1 is 1.47 bits per heavy atom. The van der Waals surface area contributed by atoms with E-state index in [1.165, 1.54) is 0 Å². The minimum absolute atomic E-state index is 0.301. The number of benzene rings is 1. The molecule has 1 atom stereocenters. The third-order valence-corrected chi connectivity index (χ3v) is 3.60. The molecule has 0 amide bonds. The molecule has 1 unspecified atom stereocenters. The second-order valence-corrected chi connectivity index (χ2v) is 5.31. The van der Waals surface area contributed by atoms with Crippen LogP contribution in [0.3, 0.4) is 0 Å². The molecule has 0 aliphatic rings. The molecule has 0 fully saturated rings. The number of aryl methyl sites for hydroxylation is 2. The van der Waals surface area contributed by atoms with Crippen molar-refractivity contribution >= 4 is 22.4 Å². The quantitative estimate of drug-likeness (QED) is 0.860. The number of aromatic nitrogens is 2. The first-order chi connectivity index (χ1) is 9.11. The minimum atomic E-state index is -0.301. The number of nitrogens with one attached hydrogen (secondary N) is 1. The van der Waals surface area contributed by atoms with Gasteiger partial charge in [0.25, 0.3) is 6.47 Å². The number of hydrogen-bond acceptors (Lipinski definition) is 3. The fourth-order valence-electron chi connectivity index (χ4n) is 2.08. The number of halogens is 1. The van der Waals surface area contributed by atoms with E-state index in [9.17, 15) is 4.79 Å². The number of hydrogen-bond donors (Lipinski definition) is 1. The molecule has 1 aromatic carbocycles. The predicted octanol–water partition coefficient (Wildman–Crippen LogP) is 3.25. The number of carbonyl (C=O) groups excluding carboxylic acids is 1. The van der Waals surface area contributed by atoms with Crippen LogP contribution in [-0.2, 0) is 16.0 Å². The Labute approximate surface area is 120 Å². The molecule has 0 aliphatic carbocycles. The average Bonchev–Trinajstić information content (AvgIpc) is 2.70. The summed E-state index contributed by atoms with van der Waals surface area (Å²) in [6.07, 6.45) is 0.314. The van der Waals surface area contributed by atoms with Gasteiger partial charge in [0.2, 0.25) is 0 Å². The Hall–Kier alpha value is -1.62. The van der Waals surface area contributed by atoms with Crippen LogP contribution in [0.15, 0.2) is 28.7 Å². The third-order valence-electron chi connectivity index (χ3n) is 3.11. The number of carbonyl (C=O) groups is 1. The summed E-state index contributed by atoms with van der Waals surface area (Å²) in [7, 11) is 0. The van der Waals surface area contributed by atoms with E-state index in [-0.39, 0.29) is 6.10 Å². The van der Waals surface area contributed by atoms with Crippen LogP contribution < -0.4 is 0 Å². The van der Waals surface area contributed by atoms with Crippen molar-refractivity contribution in [2.45, 2.75) is 26.4 Å². The van der Waals surface area contributed by atoms with Crippen molar-refractivity contribution in [3.05, 3.63) is 51.3 Å². The Morgan fingerprint density at radius 3 is 2.84 bits per heavy atom. The Bertz CT molecular complexity index is 561. The first kappa shape index (κ1) is 13.8. The molecule has 1 heterocycles. The molecule has 0 radical (unpaired) electrons. The van der Waals surface area contributed by atoms with E-state index in [1.807, 2.05) is 38.1 Å². The summed E-state index contributed by atoms with van der Waals surface area (Å²) < 4.78 is 6.19. The lowest BCUT2D eigenvalue weighted by Gasteiger charge is -2.16. The smallest absolute Gasteiger partial charge is 0.293 e. The van der Waals surface area contributed by atoms with Gasteiger partial charge in [0.1, 0.15) is 6.10 Å². The Kier molecular flexibility index (Phi) is 4.37. The second-order valence-electron chi connectivity index (χ2n) is 4.39. The van der Waals surface area contributed by atoms with Crippen LogP contribution in [-0.4, -0.2) is 16.7 Å². The lowest BCUT2D eigenvalue weighted by Crippen LogP contribution is -2.08. The maximum Gasteiger partial charge on any atom is 0.293 e. The van der Waals surface area contributed by atoms with Gasteiger partial charge >= 0.3 is 0 Å². The molecule has 2 rings (SSSR count). The highest BCUT2D eigenvalue weighted by Gasteiger charge is 2.17. The van der Waals surface area contributed by atoms with Crippen LogP contribution in [0.1, 0.15) is 28.6 Å². The van der Waals surface area contributed by atoms with E-state index in [1.54, 1.807) is 0 Å². The van der Waals surface area contributed by atoms with E-state index in [0.29, 0.717) is 12.9 Å². The van der Waals surface area contributed by atoms with Crippen LogP contribution in [0.5, 0.6) is 0 Å². The molecule has 0 spiro atoms. The summed E-state index contributed by atoms with van der Waals surface area (Å²) in [5.74, 6) is 0. The molecule has 0 aliphatic heterocycles. The Balaban J connectivity index is 2.28. The van der Waals surface area contributed by atoms with Gasteiger partial charge in [0, 0.05) is 16.6 Å². The van der Waals surface area contributed by atoms with Crippen LogP contribution in [0.25, 0.3) is 0 Å². The molecule has 0 bridgehead atoms. The number of ether oxygens (including phenoxy) is 1. The van der Waals surface area contributed by atoms with Crippen LogP contribution in [0.2, 0.25) is 0 Å². The normalized spacial score (nSPS) is 12.2. The van der Waals surface area contributed by atoms with Gasteiger partial charge in [-0.1, -0.05) is 28.1 Å². The number of nitrogens with zero attached hydrogens (tertiary/aromatic N) is 1. The van der Waals surface area contributed by atoms with Gasteiger partial charge in [0.15, 0.2) is 0 Å². The maximum absolute atomic E-state index is 10.7. The van der Waals surface area contributed by atoms with Gasteiger partial charge in [-0.05, 0) is 37.1 Å². The van der Waals surface area contributed by atoms with E-state index in [2.05, 4.69) is 26.1 Å². The molecule has 5 heteroatoms. The summed E-state index contributed by atoms with van der Waals surface area (Å²) in [6.45, 7) is 4.41. The molecule has 1 N–H and O–H groups in total. The largest absolute Gasteiger partial charge is 0.459 e. The van der Waals surface area contributed by atoms with Gasteiger partial charge in [0.05, 0.1) is 5.69 Å². The standard InChI is InChI=1S/C14H15BrN2O2/c1-9-13(10(2)17-16-9)7-14(19-8-18)11-4-3-5-12(15)6-11/h3-6,8,14H,7H2,1-2H3,(H,16,17). The fraction of sp³-hybridized carbons (Fsp3) is 0.286. The highest BCUT2D eigenvalue weighted by molar-refractivity contribution is 9.10. The predicted molar refractivity (Wildman–Crippen MR) is 75.8 cm³/mol. The zero-order chi connectivity index (χ0) is 13.8. The summed E-state index contributed by atoms with van der Waals surface area (Å²) in [5.41, 5.74) is 3.99. The van der Waals surface area contributed by atoms with Crippen LogP contribution in [0.4, 0.5) is 0 Å². The number of rotatable bonds is 5. The van der Waals surface area contributed by atoms with Crippen molar-refractivity contribution in [1.82, 2.24) is 10.2 Å². The molecule has 19 heavy (non-hydrogen) atoms. The SMILES string of the molecule is Cc1n[nH]c(C)c1CC(OC=O)c1cccc(Br)c1. The van der Waals surface area contributed by atoms with Crippen molar-refractivity contribution in [3.63, 3.8) is 0 Å². The van der Waals surface area contributed by atoms with Crippen molar-refractivity contribution in [3.8, 4) is 0 Å². The van der Waals surface area contributed by atoms with Gasteiger partial charge in [-0.15, -0.1) is 0 Å². The van der Waals surface area contributed by atoms with Gasteiger partial charge in [-0.3, -0.25) is 9.89 Å². The molecule has 2 aromatic rings. The summed E-state index contributed by atoms with van der Waals surface area (Å²) >= 11 is 3.43. The van der Waals surface area contributed by atoms with Crippen molar-refractivity contribution in [1.29, 1.82) is 0 Å². The van der Waals surface area contributed by atoms with E-state index in [4.69, 9.17) is 4.74 Å². The van der Waals surface area contributed by atoms with E-state index in [0.717, 1.165) is 27.0 Å². The number of aromatic amines is 1. The maximum atomic E-state index is 10.7. The molecule has 0 saturated heterocycles. The van der Waals surface area contributed by atoms with Crippen molar-refractivity contribution in [2.24, 2.45) is 0 Å². The molecule has 100 valence electrons. The van der Waals surface area contributed by atoms with Gasteiger partial charge in [-0.25, -0.2) is 0 Å². The van der Waals surface area contributed by atoms with E-state index >= 15 is 0 Å². The first-order valence-electron chi connectivity index (χ1n) is 5.97. The van der Waals surface area contributed by atoms with E-state index < -0.39 is 0 Å². The van der Waals surface area contributed by atoms with Gasteiger partial charge in [-0.2, -0.15) is 5.10 Å². The Morgan fingerprint density at radius 2 is 2.26 bits per heavy atom. The lowest BCUT2D eigenvalue weighted by atomic mass is 10.00. The average molecular weight is 323 g/mol. The highest BCUT2D eigenvalue weighted by atomic mass is 79.9. The lowest BCUT2D eigenvalue weighted by molar-refractivity contribution is -0.133. The molecule has 0 saturated carbocycles. The van der Waals surface area contributed by atoms with Gasteiger partial charge < -0.3 is 4.74 Å². The van der Waals surface area contributed by atoms with Crippen LogP contribution >= 0.6 is 15.9 Å². The second kappa shape index (κ2) is 6.02. The zero-order valence-corrected chi connectivity index (χ0v) is 12.4. The minimum Gasteiger partial charge on any atom is -0.459 e. The molecular formula is C14H15BrN2O2. The highest BCUT2D eigenvalue weighted by Crippen LogP contribution is 2.26. The molecular weight excluding hydrogens is 308 g/mol. The van der Waals surface area contributed by atoms with Crippen molar-refractivity contribution in [2.75, 3.05) is 0 Å². The summed E-state index contributed by atoms with van der Waals surface area (Å²) in [6, 6.07) is 7.77. The van der Waals surface area contributed by atoms with Crippen LogP contribution in [0, 0.1) is 13.8 Å². The number of H-pyrrole nitrogens is 1. The monoisotopic (exact) mass is 322 g/mol. The molecule has 4 nitrogen and oxygen atoms in total. The molecule has 1 aromatic heterocycles. The first-order valence-corrected chi connectivity index (χ1v) is 6.76. The third kappa shape index (κ3) is 3.23. The summed E-state index contributed by atoms with van der Waals surface area (Å²) in [5, 5.41) is 7.11. The topological polar surface area (TPSA) is 55.0 Å². The van der Waals surface area contributed by atoms with Crippen molar-refractivity contribution < 1.29 is 9.53 Å². The summed E-state index contributed by atoms with van der Waals surface area (Å²) in [4.78, 5) is 10.7. The fourth-order valence-corrected chi connectivity index (χ4v) is 2.50.